The average Bonchev–Trinajstić information content (AvgIpc) is 2.32. The predicted octanol–water partition coefficient (Wildman–Crippen LogP) is 2.59. The average molecular weight is 291 g/mol. The first kappa shape index (κ1) is 17.2. The van der Waals surface area contributed by atoms with Gasteiger partial charge in [0.2, 0.25) is 5.91 Å². The molecule has 0 aliphatic rings. The molecule has 3 nitrogen and oxygen atoms in total. The fourth-order valence-corrected chi connectivity index (χ4v) is 1.82. The van der Waals surface area contributed by atoms with E-state index in [9.17, 15) is 4.79 Å². The second-order valence-corrected chi connectivity index (χ2v) is 4.43. The van der Waals surface area contributed by atoms with Crippen LogP contribution in [0.4, 0.5) is 0 Å². The lowest BCUT2D eigenvalue weighted by atomic mass is 9.96. The highest BCUT2D eigenvalue weighted by molar-refractivity contribution is 6.30. The van der Waals surface area contributed by atoms with Gasteiger partial charge in [-0.05, 0) is 31.2 Å². The molecule has 0 saturated heterocycles. The van der Waals surface area contributed by atoms with Gasteiger partial charge in [0.15, 0.2) is 0 Å². The van der Waals surface area contributed by atoms with Crippen LogP contribution in [0.2, 0.25) is 5.02 Å². The van der Waals surface area contributed by atoms with Crippen LogP contribution in [-0.2, 0) is 4.79 Å². The van der Waals surface area contributed by atoms with Crippen LogP contribution in [0.15, 0.2) is 24.3 Å². The number of nitrogens with one attached hydrogen (secondary N) is 2. The third-order valence-corrected chi connectivity index (χ3v) is 2.97. The number of benzene rings is 1. The Kier molecular flexibility index (Phi) is 8.81. The van der Waals surface area contributed by atoms with Gasteiger partial charge in [0.1, 0.15) is 0 Å². The Hall–Kier alpha value is -0.770. The molecular weight excluding hydrogens is 271 g/mol. The van der Waals surface area contributed by atoms with Crippen LogP contribution in [0.5, 0.6) is 0 Å². The highest BCUT2D eigenvalue weighted by atomic mass is 35.5. The summed E-state index contributed by atoms with van der Waals surface area (Å²) >= 11 is 5.85. The SMILES string of the molecule is CCC(CNC(=O)CNC)c1ccc(Cl)cc1.Cl. The summed E-state index contributed by atoms with van der Waals surface area (Å²) in [6.07, 6.45) is 0.988. The highest BCUT2D eigenvalue weighted by Gasteiger charge is 2.10. The van der Waals surface area contributed by atoms with Gasteiger partial charge in [-0.25, -0.2) is 0 Å². The van der Waals surface area contributed by atoms with Gasteiger partial charge in [0.05, 0.1) is 6.54 Å². The Morgan fingerprint density at radius 3 is 2.44 bits per heavy atom. The van der Waals surface area contributed by atoms with Gasteiger partial charge in [-0.2, -0.15) is 0 Å². The van der Waals surface area contributed by atoms with E-state index in [1.165, 1.54) is 5.56 Å². The van der Waals surface area contributed by atoms with Crippen molar-refractivity contribution in [3.63, 3.8) is 0 Å². The molecule has 0 aliphatic heterocycles. The minimum absolute atomic E-state index is 0. The molecule has 5 heteroatoms. The van der Waals surface area contributed by atoms with E-state index < -0.39 is 0 Å². The lowest BCUT2D eigenvalue weighted by Crippen LogP contribution is -2.34. The first-order valence-electron chi connectivity index (χ1n) is 5.84. The van der Waals surface area contributed by atoms with Crippen LogP contribution < -0.4 is 10.6 Å². The van der Waals surface area contributed by atoms with Crippen molar-refractivity contribution in [2.45, 2.75) is 19.3 Å². The molecule has 0 bridgehead atoms. The van der Waals surface area contributed by atoms with E-state index in [-0.39, 0.29) is 18.3 Å². The monoisotopic (exact) mass is 290 g/mol. The van der Waals surface area contributed by atoms with Crippen LogP contribution in [0.3, 0.4) is 0 Å². The number of amides is 1. The van der Waals surface area contributed by atoms with E-state index >= 15 is 0 Å². The number of likely N-dealkylation sites (N-methyl/N-ethyl adjacent to an activating group) is 1. The van der Waals surface area contributed by atoms with Crippen molar-refractivity contribution in [2.24, 2.45) is 0 Å². The Bertz CT molecular complexity index is 355. The fourth-order valence-electron chi connectivity index (χ4n) is 1.69. The molecule has 18 heavy (non-hydrogen) atoms. The maximum absolute atomic E-state index is 11.4. The standard InChI is InChI=1S/C13H19ClN2O.ClH/c1-3-10(8-16-13(17)9-15-2)11-4-6-12(14)7-5-11;/h4-7,10,15H,3,8-9H2,1-2H3,(H,16,17);1H. The molecule has 2 N–H and O–H groups in total. The Labute approximate surface area is 120 Å². The van der Waals surface area contributed by atoms with Crippen molar-refractivity contribution in [1.29, 1.82) is 0 Å². The van der Waals surface area contributed by atoms with E-state index in [0.29, 0.717) is 19.0 Å². The van der Waals surface area contributed by atoms with Gasteiger partial charge in [0, 0.05) is 17.5 Å². The maximum atomic E-state index is 11.4. The molecule has 0 saturated carbocycles. The van der Waals surface area contributed by atoms with E-state index in [4.69, 9.17) is 11.6 Å². The summed E-state index contributed by atoms with van der Waals surface area (Å²) in [7, 11) is 1.76. The smallest absolute Gasteiger partial charge is 0.233 e. The quantitative estimate of drug-likeness (QED) is 0.846. The molecule has 0 fully saturated rings. The second kappa shape index (κ2) is 9.20. The third kappa shape index (κ3) is 5.71. The summed E-state index contributed by atoms with van der Waals surface area (Å²) in [6, 6.07) is 7.80. The van der Waals surface area contributed by atoms with E-state index in [2.05, 4.69) is 17.6 Å². The maximum Gasteiger partial charge on any atom is 0.233 e. The van der Waals surface area contributed by atoms with Crippen LogP contribution in [-0.4, -0.2) is 26.0 Å². The molecule has 0 spiro atoms. The summed E-state index contributed by atoms with van der Waals surface area (Å²) in [5.41, 5.74) is 1.21. The summed E-state index contributed by atoms with van der Waals surface area (Å²) in [4.78, 5) is 11.4. The molecule has 0 heterocycles. The van der Waals surface area contributed by atoms with Crippen molar-refractivity contribution in [1.82, 2.24) is 10.6 Å². The minimum atomic E-state index is 0. The number of carbonyl (C=O) groups excluding carboxylic acids is 1. The van der Waals surface area contributed by atoms with Gasteiger partial charge < -0.3 is 10.6 Å². The zero-order chi connectivity index (χ0) is 12.7. The fraction of sp³-hybridized carbons (Fsp3) is 0.462. The molecule has 1 aromatic carbocycles. The molecule has 1 unspecified atom stereocenters. The van der Waals surface area contributed by atoms with E-state index in [0.717, 1.165) is 11.4 Å². The van der Waals surface area contributed by atoms with Crippen molar-refractivity contribution in [2.75, 3.05) is 20.1 Å². The summed E-state index contributed by atoms with van der Waals surface area (Å²) < 4.78 is 0. The van der Waals surface area contributed by atoms with Gasteiger partial charge in [-0.1, -0.05) is 30.7 Å². The third-order valence-electron chi connectivity index (χ3n) is 2.72. The van der Waals surface area contributed by atoms with Crippen LogP contribution >= 0.6 is 24.0 Å². The predicted molar refractivity (Wildman–Crippen MR) is 78.7 cm³/mol. The van der Waals surface area contributed by atoms with E-state index in [1.807, 2.05) is 24.3 Å². The molecule has 1 amide bonds. The first-order chi connectivity index (χ1) is 8.17. The molecule has 0 radical (unpaired) electrons. The Balaban J connectivity index is 0.00000289. The topological polar surface area (TPSA) is 41.1 Å². The first-order valence-corrected chi connectivity index (χ1v) is 6.22. The van der Waals surface area contributed by atoms with Crippen molar-refractivity contribution in [3.05, 3.63) is 34.9 Å². The molecule has 102 valence electrons. The zero-order valence-electron chi connectivity index (χ0n) is 10.7. The highest BCUT2D eigenvalue weighted by Crippen LogP contribution is 2.20. The molecule has 1 aromatic rings. The number of halogens is 2. The van der Waals surface area contributed by atoms with Crippen molar-refractivity contribution >= 4 is 29.9 Å². The zero-order valence-corrected chi connectivity index (χ0v) is 12.3. The minimum Gasteiger partial charge on any atom is -0.354 e. The molecule has 0 aromatic heterocycles. The Morgan fingerprint density at radius 1 is 1.33 bits per heavy atom. The number of rotatable bonds is 6. The molecule has 1 rings (SSSR count). The second-order valence-electron chi connectivity index (χ2n) is 3.99. The van der Waals surface area contributed by atoms with Gasteiger partial charge in [0.25, 0.3) is 0 Å². The largest absolute Gasteiger partial charge is 0.354 e. The van der Waals surface area contributed by atoms with Crippen LogP contribution in [0, 0.1) is 0 Å². The van der Waals surface area contributed by atoms with Crippen LogP contribution in [0.25, 0.3) is 0 Å². The van der Waals surface area contributed by atoms with Gasteiger partial charge in [-0.3, -0.25) is 4.79 Å². The van der Waals surface area contributed by atoms with Crippen LogP contribution in [0.1, 0.15) is 24.8 Å². The Morgan fingerprint density at radius 2 is 1.94 bits per heavy atom. The van der Waals surface area contributed by atoms with E-state index in [1.54, 1.807) is 7.05 Å². The lowest BCUT2D eigenvalue weighted by Gasteiger charge is -2.16. The normalized spacial score (nSPS) is 11.5. The molecule has 1 atom stereocenters. The lowest BCUT2D eigenvalue weighted by molar-refractivity contribution is -0.120. The number of carbonyl (C=O) groups is 1. The molecule has 0 aliphatic carbocycles. The van der Waals surface area contributed by atoms with Crippen molar-refractivity contribution in [3.8, 4) is 0 Å². The van der Waals surface area contributed by atoms with Gasteiger partial charge in [-0.15, -0.1) is 12.4 Å². The van der Waals surface area contributed by atoms with Crippen molar-refractivity contribution < 1.29 is 4.79 Å². The summed E-state index contributed by atoms with van der Waals surface area (Å²) in [5, 5.41) is 6.48. The summed E-state index contributed by atoms with van der Waals surface area (Å²) in [6.45, 7) is 3.14. The number of hydrogen-bond donors (Lipinski definition) is 2. The molecular formula is C13H20Cl2N2O. The summed E-state index contributed by atoms with van der Waals surface area (Å²) in [5.74, 6) is 0.369. The van der Waals surface area contributed by atoms with Gasteiger partial charge >= 0.3 is 0 Å². The number of hydrogen-bond acceptors (Lipinski definition) is 2.